The second kappa shape index (κ2) is 9.40. The van der Waals surface area contributed by atoms with Crippen molar-refractivity contribution < 1.29 is 14.3 Å². The van der Waals surface area contributed by atoms with E-state index in [0.717, 1.165) is 17.8 Å². The maximum Gasteiger partial charge on any atom is 0.221 e. The molecule has 1 saturated heterocycles. The highest BCUT2D eigenvalue weighted by atomic mass is 35.5. The minimum absolute atomic E-state index is 0. The highest BCUT2D eigenvalue weighted by molar-refractivity contribution is 5.88. The average Bonchev–Trinajstić information content (AvgIpc) is 2.47. The molecule has 1 aromatic rings. The fourth-order valence-corrected chi connectivity index (χ4v) is 2.16. The van der Waals surface area contributed by atoms with Crippen molar-refractivity contribution in [3.05, 3.63) is 29.8 Å². The van der Waals surface area contributed by atoms with E-state index in [-0.39, 0.29) is 30.3 Å². The Bertz CT molecular complexity index is 487. The molecule has 1 unspecified atom stereocenters. The summed E-state index contributed by atoms with van der Waals surface area (Å²) in [6, 6.07) is 7.50. The van der Waals surface area contributed by atoms with Crippen molar-refractivity contribution >= 4 is 29.9 Å². The van der Waals surface area contributed by atoms with E-state index in [4.69, 9.17) is 4.74 Å². The van der Waals surface area contributed by atoms with E-state index in [1.807, 2.05) is 24.3 Å². The largest absolute Gasteiger partial charge is 0.378 e. The first-order valence-corrected chi connectivity index (χ1v) is 7.08. The molecule has 0 bridgehead atoms. The van der Waals surface area contributed by atoms with Crippen LogP contribution >= 0.6 is 12.4 Å². The number of hydrogen-bond donors (Lipinski definition) is 3. The number of anilines is 1. The molecule has 0 aliphatic carbocycles. The fraction of sp³-hybridized carbons (Fsp3) is 0.467. The number of nitrogens with one attached hydrogen (secondary N) is 3. The SMILES string of the molecule is CC(=O)Nc1ccc(CNC(=O)CC2COCCN2)cc1.Cl. The van der Waals surface area contributed by atoms with Crippen molar-refractivity contribution in [1.29, 1.82) is 0 Å². The van der Waals surface area contributed by atoms with E-state index in [1.165, 1.54) is 6.92 Å². The first-order valence-electron chi connectivity index (χ1n) is 7.08. The second-order valence-electron chi connectivity index (χ2n) is 5.08. The molecule has 2 rings (SSSR count). The molecule has 122 valence electrons. The lowest BCUT2D eigenvalue weighted by molar-refractivity contribution is -0.122. The molecule has 0 aromatic heterocycles. The van der Waals surface area contributed by atoms with Crippen molar-refractivity contribution in [1.82, 2.24) is 10.6 Å². The Morgan fingerprint density at radius 3 is 2.64 bits per heavy atom. The van der Waals surface area contributed by atoms with Gasteiger partial charge in [0.05, 0.1) is 13.2 Å². The Hall–Kier alpha value is -1.63. The zero-order chi connectivity index (χ0) is 15.1. The molecule has 2 amide bonds. The van der Waals surface area contributed by atoms with Gasteiger partial charge in [-0.2, -0.15) is 0 Å². The Balaban J connectivity index is 0.00000242. The quantitative estimate of drug-likeness (QED) is 0.755. The summed E-state index contributed by atoms with van der Waals surface area (Å²) < 4.78 is 5.31. The number of carbonyl (C=O) groups is 2. The van der Waals surface area contributed by atoms with Gasteiger partial charge < -0.3 is 20.7 Å². The summed E-state index contributed by atoms with van der Waals surface area (Å²) in [5, 5.41) is 8.84. The number of hydrogen-bond acceptors (Lipinski definition) is 4. The minimum atomic E-state index is -0.0988. The first kappa shape index (κ1) is 18.4. The zero-order valence-corrected chi connectivity index (χ0v) is 13.4. The molecule has 0 saturated carbocycles. The minimum Gasteiger partial charge on any atom is -0.378 e. The maximum absolute atomic E-state index is 11.8. The van der Waals surface area contributed by atoms with E-state index in [0.29, 0.717) is 26.2 Å². The molecule has 0 spiro atoms. The Labute approximate surface area is 136 Å². The van der Waals surface area contributed by atoms with Crippen LogP contribution in [0.25, 0.3) is 0 Å². The van der Waals surface area contributed by atoms with Gasteiger partial charge in [0, 0.05) is 38.2 Å². The van der Waals surface area contributed by atoms with Crippen LogP contribution in [0.5, 0.6) is 0 Å². The van der Waals surface area contributed by atoms with Gasteiger partial charge in [0.15, 0.2) is 0 Å². The summed E-state index contributed by atoms with van der Waals surface area (Å²) in [7, 11) is 0. The third kappa shape index (κ3) is 6.43. The van der Waals surface area contributed by atoms with Gasteiger partial charge in [0.25, 0.3) is 0 Å². The Kier molecular flexibility index (Phi) is 7.87. The van der Waals surface area contributed by atoms with E-state index < -0.39 is 0 Å². The van der Waals surface area contributed by atoms with Crippen LogP contribution in [0.3, 0.4) is 0 Å². The lowest BCUT2D eigenvalue weighted by Gasteiger charge is -2.23. The standard InChI is InChI=1S/C15H21N3O3.ClH/c1-11(19)18-13-4-2-12(3-5-13)9-17-15(20)8-14-10-21-7-6-16-14;/h2-5,14,16H,6-10H2,1H3,(H,17,20)(H,18,19);1H. The molecule has 1 atom stereocenters. The summed E-state index contributed by atoms with van der Waals surface area (Å²) in [5.41, 5.74) is 1.74. The number of rotatable bonds is 5. The van der Waals surface area contributed by atoms with Crippen LogP contribution in [0.2, 0.25) is 0 Å². The number of ether oxygens (including phenoxy) is 1. The van der Waals surface area contributed by atoms with Crippen molar-refractivity contribution in [2.75, 3.05) is 25.1 Å². The van der Waals surface area contributed by atoms with Crippen LogP contribution in [-0.2, 0) is 20.9 Å². The topological polar surface area (TPSA) is 79.5 Å². The summed E-state index contributed by atoms with van der Waals surface area (Å²) >= 11 is 0. The van der Waals surface area contributed by atoms with Gasteiger partial charge in [0.1, 0.15) is 0 Å². The molecule has 1 aliphatic heterocycles. The number of carbonyl (C=O) groups excluding carboxylic acids is 2. The van der Waals surface area contributed by atoms with E-state index in [2.05, 4.69) is 16.0 Å². The monoisotopic (exact) mass is 327 g/mol. The molecule has 1 heterocycles. The van der Waals surface area contributed by atoms with Crippen LogP contribution in [0.15, 0.2) is 24.3 Å². The molecule has 6 nitrogen and oxygen atoms in total. The molecule has 1 aliphatic rings. The third-order valence-electron chi connectivity index (χ3n) is 3.19. The average molecular weight is 328 g/mol. The highest BCUT2D eigenvalue weighted by Crippen LogP contribution is 2.09. The lowest BCUT2D eigenvalue weighted by Crippen LogP contribution is -2.44. The van der Waals surface area contributed by atoms with Crippen LogP contribution in [0.4, 0.5) is 5.69 Å². The van der Waals surface area contributed by atoms with Gasteiger partial charge in [-0.15, -0.1) is 12.4 Å². The van der Waals surface area contributed by atoms with Crippen molar-refractivity contribution in [3.8, 4) is 0 Å². The van der Waals surface area contributed by atoms with Crippen molar-refractivity contribution in [2.45, 2.75) is 25.9 Å². The molecule has 1 aromatic carbocycles. The molecule has 1 fully saturated rings. The number of benzene rings is 1. The van der Waals surface area contributed by atoms with Gasteiger partial charge in [-0.05, 0) is 17.7 Å². The number of morpholine rings is 1. The molecule has 0 radical (unpaired) electrons. The number of halogens is 1. The third-order valence-corrected chi connectivity index (χ3v) is 3.19. The molecule has 7 heteroatoms. The molecule has 22 heavy (non-hydrogen) atoms. The molecular weight excluding hydrogens is 306 g/mol. The summed E-state index contributed by atoms with van der Waals surface area (Å²) in [5.74, 6) is -0.0952. The van der Waals surface area contributed by atoms with Gasteiger partial charge in [-0.3, -0.25) is 9.59 Å². The van der Waals surface area contributed by atoms with Crippen LogP contribution in [-0.4, -0.2) is 37.6 Å². The van der Waals surface area contributed by atoms with Crippen molar-refractivity contribution in [2.24, 2.45) is 0 Å². The smallest absolute Gasteiger partial charge is 0.221 e. The normalized spacial score (nSPS) is 17.2. The molecular formula is C15H22ClN3O3. The predicted molar refractivity (Wildman–Crippen MR) is 87.1 cm³/mol. The second-order valence-corrected chi connectivity index (χ2v) is 5.08. The fourth-order valence-electron chi connectivity index (χ4n) is 2.16. The Morgan fingerprint density at radius 1 is 1.32 bits per heavy atom. The highest BCUT2D eigenvalue weighted by Gasteiger charge is 2.16. The van der Waals surface area contributed by atoms with Crippen LogP contribution in [0, 0.1) is 0 Å². The summed E-state index contributed by atoms with van der Waals surface area (Å²) in [6.45, 7) is 4.03. The van der Waals surface area contributed by atoms with Gasteiger partial charge in [-0.1, -0.05) is 12.1 Å². The van der Waals surface area contributed by atoms with E-state index in [9.17, 15) is 9.59 Å². The summed E-state index contributed by atoms with van der Waals surface area (Å²) in [6.07, 6.45) is 0.421. The molecule has 3 N–H and O–H groups in total. The Morgan fingerprint density at radius 2 is 2.05 bits per heavy atom. The summed E-state index contributed by atoms with van der Waals surface area (Å²) in [4.78, 5) is 22.8. The van der Waals surface area contributed by atoms with Gasteiger partial charge in [0.2, 0.25) is 11.8 Å². The zero-order valence-electron chi connectivity index (χ0n) is 12.6. The predicted octanol–water partition coefficient (Wildman–Crippen LogP) is 1.06. The van der Waals surface area contributed by atoms with Gasteiger partial charge >= 0.3 is 0 Å². The van der Waals surface area contributed by atoms with Crippen molar-refractivity contribution in [3.63, 3.8) is 0 Å². The van der Waals surface area contributed by atoms with E-state index in [1.54, 1.807) is 0 Å². The van der Waals surface area contributed by atoms with Crippen LogP contribution < -0.4 is 16.0 Å². The van der Waals surface area contributed by atoms with Gasteiger partial charge in [-0.25, -0.2) is 0 Å². The van der Waals surface area contributed by atoms with E-state index >= 15 is 0 Å². The lowest BCUT2D eigenvalue weighted by atomic mass is 10.1. The number of amides is 2. The first-order chi connectivity index (χ1) is 10.1. The van der Waals surface area contributed by atoms with Crippen LogP contribution in [0.1, 0.15) is 18.9 Å². The maximum atomic E-state index is 11.8.